The molecule has 0 fully saturated rings. The van der Waals surface area contributed by atoms with E-state index in [1.807, 2.05) is 11.3 Å². The summed E-state index contributed by atoms with van der Waals surface area (Å²) in [5, 5.41) is 2.63. The zero-order valence-corrected chi connectivity index (χ0v) is 24.0. The number of hydrogen-bond acceptors (Lipinski definition) is 2. The van der Waals surface area contributed by atoms with Crippen LogP contribution in [0, 0.1) is 0 Å². The summed E-state index contributed by atoms with van der Waals surface area (Å²) in [6, 6.07) is 51.1. The second-order valence-electron chi connectivity index (χ2n) is 11.4. The number of fused-ring (bicyclic) bond motifs is 6. The largest absolute Gasteiger partial charge is 0.310 e. The maximum Gasteiger partial charge on any atom is 0.0468 e. The highest BCUT2D eigenvalue weighted by molar-refractivity contribution is 7.25. The molecule has 0 bridgehead atoms. The number of anilines is 3. The van der Waals surface area contributed by atoms with Crippen molar-refractivity contribution in [2.75, 3.05) is 4.90 Å². The molecule has 196 valence electrons. The van der Waals surface area contributed by atoms with Crippen molar-refractivity contribution in [1.82, 2.24) is 0 Å². The Morgan fingerprint density at radius 1 is 0.488 bits per heavy atom. The third-order valence-electron chi connectivity index (χ3n) is 8.66. The molecule has 0 spiro atoms. The van der Waals surface area contributed by atoms with Crippen molar-refractivity contribution >= 4 is 48.6 Å². The van der Waals surface area contributed by atoms with Crippen molar-refractivity contribution in [1.29, 1.82) is 0 Å². The van der Waals surface area contributed by atoms with Gasteiger partial charge in [-0.15, -0.1) is 11.3 Å². The van der Waals surface area contributed by atoms with Crippen LogP contribution >= 0.6 is 11.3 Å². The van der Waals surface area contributed by atoms with Crippen molar-refractivity contribution in [3.05, 3.63) is 151 Å². The minimum absolute atomic E-state index is 0.0694. The van der Waals surface area contributed by atoms with Gasteiger partial charge in [0.1, 0.15) is 0 Å². The smallest absolute Gasteiger partial charge is 0.0468 e. The second-order valence-corrected chi connectivity index (χ2v) is 12.5. The molecular formula is C39H29NS. The van der Waals surface area contributed by atoms with E-state index < -0.39 is 0 Å². The van der Waals surface area contributed by atoms with Gasteiger partial charge in [-0.1, -0.05) is 105 Å². The Labute approximate surface area is 245 Å². The normalized spacial score (nSPS) is 13.3. The Balaban J connectivity index is 1.36. The zero-order valence-electron chi connectivity index (χ0n) is 23.1. The summed E-state index contributed by atoms with van der Waals surface area (Å²) in [6.07, 6.45) is 0. The minimum atomic E-state index is -0.0694. The first-order valence-electron chi connectivity index (χ1n) is 14.2. The van der Waals surface area contributed by atoms with Gasteiger partial charge in [-0.25, -0.2) is 0 Å². The van der Waals surface area contributed by atoms with Gasteiger partial charge in [0.2, 0.25) is 0 Å². The zero-order chi connectivity index (χ0) is 27.6. The Bertz CT molecular complexity index is 2070. The predicted molar refractivity (Wildman–Crippen MR) is 177 cm³/mol. The molecule has 0 aliphatic heterocycles. The van der Waals surface area contributed by atoms with E-state index in [4.69, 9.17) is 0 Å². The summed E-state index contributed by atoms with van der Waals surface area (Å²) < 4.78 is 2.65. The van der Waals surface area contributed by atoms with Crippen molar-refractivity contribution in [2.45, 2.75) is 19.3 Å². The van der Waals surface area contributed by atoms with Crippen molar-refractivity contribution < 1.29 is 0 Å². The van der Waals surface area contributed by atoms with Crippen LogP contribution in [0.4, 0.5) is 17.1 Å². The Kier molecular flexibility index (Phi) is 5.42. The third-order valence-corrected chi connectivity index (χ3v) is 9.81. The third kappa shape index (κ3) is 3.75. The van der Waals surface area contributed by atoms with Gasteiger partial charge in [-0.05, 0) is 81.9 Å². The van der Waals surface area contributed by atoms with Crippen LogP contribution in [0.25, 0.3) is 42.4 Å². The van der Waals surface area contributed by atoms with Crippen molar-refractivity contribution in [3.8, 4) is 22.3 Å². The van der Waals surface area contributed by atoms with E-state index in [9.17, 15) is 0 Å². The molecular weight excluding hydrogens is 515 g/mol. The van der Waals surface area contributed by atoms with Gasteiger partial charge in [-0.2, -0.15) is 0 Å². The van der Waals surface area contributed by atoms with Gasteiger partial charge >= 0.3 is 0 Å². The highest BCUT2D eigenvalue weighted by atomic mass is 32.1. The molecule has 0 saturated heterocycles. The number of hydrogen-bond donors (Lipinski definition) is 0. The Morgan fingerprint density at radius 2 is 1.17 bits per heavy atom. The van der Waals surface area contributed by atoms with Crippen LogP contribution in [-0.2, 0) is 5.41 Å². The molecule has 1 nitrogen and oxygen atoms in total. The maximum absolute atomic E-state index is 2.41. The SMILES string of the molecule is CC1(C)c2ccc(N(c3ccccc3)c3ccc4sc5ccccc5c4c3)cc2-c2c(-c3ccccc3)cccc21. The average Bonchev–Trinajstić information content (AvgIpc) is 3.50. The molecule has 1 aromatic heterocycles. The Hall–Kier alpha value is -4.66. The van der Waals surface area contributed by atoms with Crippen LogP contribution < -0.4 is 4.90 Å². The summed E-state index contributed by atoms with van der Waals surface area (Å²) in [4.78, 5) is 2.41. The number of thiophene rings is 1. The summed E-state index contributed by atoms with van der Waals surface area (Å²) in [5.74, 6) is 0. The van der Waals surface area contributed by atoms with Crippen molar-refractivity contribution in [3.63, 3.8) is 0 Å². The molecule has 0 unspecified atom stereocenters. The molecule has 0 radical (unpaired) electrons. The monoisotopic (exact) mass is 543 g/mol. The van der Waals surface area contributed by atoms with Crippen LogP contribution in [0.2, 0.25) is 0 Å². The lowest BCUT2D eigenvalue weighted by Gasteiger charge is -2.27. The molecule has 1 aliphatic rings. The van der Waals surface area contributed by atoms with Crippen molar-refractivity contribution in [2.24, 2.45) is 0 Å². The molecule has 41 heavy (non-hydrogen) atoms. The molecule has 8 rings (SSSR count). The number of rotatable bonds is 4. The summed E-state index contributed by atoms with van der Waals surface area (Å²) in [5.41, 5.74) is 11.4. The van der Waals surface area contributed by atoms with Gasteiger partial charge in [-0.3, -0.25) is 0 Å². The number of nitrogens with zero attached hydrogens (tertiary/aromatic N) is 1. The number of benzene rings is 6. The molecule has 0 amide bonds. The second kappa shape index (κ2) is 9.19. The quantitative estimate of drug-likeness (QED) is 0.213. The van der Waals surface area contributed by atoms with Crippen LogP contribution in [0.3, 0.4) is 0 Å². The van der Waals surface area contributed by atoms with Crippen LogP contribution in [0.1, 0.15) is 25.0 Å². The molecule has 1 aliphatic carbocycles. The maximum atomic E-state index is 2.41. The number of para-hydroxylation sites is 1. The van der Waals surface area contributed by atoms with E-state index in [2.05, 4.69) is 158 Å². The van der Waals surface area contributed by atoms with Gasteiger partial charge in [0.15, 0.2) is 0 Å². The van der Waals surface area contributed by atoms with E-state index in [1.54, 1.807) is 0 Å². The predicted octanol–water partition coefficient (Wildman–Crippen LogP) is 11.5. The molecule has 1 heterocycles. The first-order valence-corrected chi connectivity index (χ1v) is 15.0. The highest BCUT2D eigenvalue weighted by Crippen LogP contribution is 2.53. The fourth-order valence-electron chi connectivity index (χ4n) is 6.67. The van der Waals surface area contributed by atoms with Gasteiger partial charge in [0.25, 0.3) is 0 Å². The summed E-state index contributed by atoms with van der Waals surface area (Å²) >= 11 is 1.86. The fraction of sp³-hybridized carbons (Fsp3) is 0.0769. The van der Waals surface area contributed by atoms with Gasteiger partial charge in [0.05, 0.1) is 0 Å². The van der Waals surface area contributed by atoms with Crippen LogP contribution in [-0.4, -0.2) is 0 Å². The molecule has 0 atom stereocenters. The summed E-state index contributed by atoms with van der Waals surface area (Å²) in [6.45, 7) is 4.72. The van der Waals surface area contributed by atoms with E-state index >= 15 is 0 Å². The van der Waals surface area contributed by atoms with Crippen LogP contribution in [0.15, 0.2) is 140 Å². The molecule has 6 aromatic carbocycles. The molecule has 7 aromatic rings. The first-order chi connectivity index (χ1) is 20.1. The molecule has 0 saturated carbocycles. The topological polar surface area (TPSA) is 3.24 Å². The first kappa shape index (κ1) is 24.2. The minimum Gasteiger partial charge on any atom is -0.310 e. The standard InChI is InChI=1S/C39H29NS/c1-39(2)34-22-20-28(25-33(34)38-30(17-11-18-35(38)39)26-12-5-3-6-13-26)40(27-14-7-4-8-15-27)29-21-23-37-32(24-29)31-16-9-10-19-36(31)41-37/h3-25H,1-2H3. The lowest BCUT2D eigenvalue weighted by Crippen LogP contribution is -2.15. The van der Waals surface area contributed by atoms with E-state index in [1.165, 1.54) is 64.9 Å². The fourth-order valence-corrected chi connectivity index (χ4v) is 7.75. The lowest BCUT2D eigenvalue weighted by atomic mass is 9.82. The lowest BCUT2D eigenvalue weighted by molar-refractivity contribution is 0.660. The molecule has 2 heteroatoms. The van der Waals surface area contributed by atoms with Gasteiger partial charge < -0.3 is 4.90 Å². The summed E-state index contributed by atoms with van der Waals surface area (Å²) in [7, 11) is 0. The van der Waals surface area contributed by atoms with Crippen LogP contribution in [0.5, 0.6) is 0 Å². The van der Waals surface area contributed by atoms with E-state index in [0.29, 0.717) is 0 Å². The van der Waals surface area contributed by atoms with E-state index in [-0.39, 0.29) is 5.41 Å². The van der Waals surface area contributed by atoms with E-state index in [0.717, 1.165) is 5.69 Å². The van der Waals surface area contributed by atoms with Gasteiger partial charge in [0, 0.05) is 42.6 Å². The highest BCUT2D eigenvalue weighted by Gasteiger charge is 2.37. The average molecular weight is 544 g/mol. The Morgan fingerprint density at radius 3 is 2.00 bits per heavy atom. The molecule has 0 N–H and O–H groups in total.